The minimum absolute atomic E-state index is 0.417. The highest BCUT2D eigenvalue weighted by molar-refractivity contribution is 9.10. The fraction of sp³-hybridized carbons (Fsp3) is 0.200. The molecular formula is C5H5BrN2OS. The van der Waals surface area contributed by atoms with Crippen molar-refractivity contribution in [3.05, 3.63) is 15.4 Å². The Morgan fingerprint density at radius 1 is 1.80 bits per heavy atom. The maximum Gasteiger partial charge on any atom is 0.209 e. The summed E-state index contributed by atoms with van der Waals surface area (Å²) in [7, 11) is 1.56. The van der Waals surface area contributed by atoms with Gasteiger partial charge in [0.1, 0.15) is 0 Å². The van der Waals surface area contributed by atoms with Crippen molar-refractivity contribution >= 4 is 28.1 Å². The molecule has 0 radical (unpaired) electrons. The third-order valence-corrected chi connectivity index (χ3v) is 1.71. The maximum atomic E-state index is 4.92. The van der Waals surface area contributed by atoms with E-state index in [4.69, 9.17) is 17.0 Å². The van der Waals surface area contributed by atoms with Crippen LogP contribution >= 0.6 is 28.1 Å². The van der Waals surface area contributed by atoms with E-state index in [0.717, 1.165) is 4.47 Å². The summed E-state index contributed by atoms with van der Waals surface area (Å²) in [6.07, 6.45) is 1.59. The van der Waals surface area contributed by atoms with Crippen molar-refractivity contribution in [2.45, 2.75) is 0 Å². The summed E-state index contributed by atoms with van der Waals surface area (Å²) in [5.74, 6) is 0.597. The fourth-order valence-corrected chi connectivity index (χ4v) is 1.02. The van der Waals surface area contributed by atoms with Crippen LogP contribution in [0.4, 0.5) is 0 Å². The van der Waals surface area contributed by atoms with E-state index in [0.29, 0.717) is 10.7 Å². The Morgan fingerprint density at radius 3 is 3.00 bits per heavy atom. The summed E-state index contributed by atoms with van der Waals surface area (Å²) in [6, 6.07) is 0. The van der Waals surface area contributed by atoms with Crippen LogP contribution in [0.3, 0.4) is 0 Å². The Balaban J connectivity index is 3.22. The number of ether oxygens (including phenoxy) is 1. The zero-order valence-electron chi connectivity index (χ0n) is 5.22. The molecule has 0 atom stereocenters. The lowest BCUT2D eigenvalue weighted by Crippen LogP contribution is -1.90. The predicted molar refractivity (Wildman–Crippen MR) is 43.7 cm³/mol. The second kappa shape index (κ2) is 3.12. The van der Waals surface area contributed by atoms with E-state index in [1.807, 2.05) is 0 Å². The SMILES string of the molecule is COc1[nH]c(=S)ncc1Br. The van der Waals surface area contributed by atoms with Gasteiger partial charge in [0.05, 0.1) is 11.6 Å². The summed E-state index contributed by atoms with van der Waals surface area (Å²) < 4.78 is 6.10. The third-order valence-electron chi connectivity index (χ3n) is 0.937. The smallest absolute Gasteiger partial charge is 0.209 e. The van der Waals surface area contributed by atoms with Gasteiger partial charge < -0.3 is 9.72 Å². The molecule has 0 aliphatic rings. The Morgan fingerprint density at radius 2 is 2.50 bits per heavy atom. The predicted octanol–water partition coefficient (Wildman–Crippen LogP) is 1.91. The van der Waals surface area contributed by atoms with E-state index in [1.165, 1.54) is 0 Å². The van der Waals surface area contributed by atoms with Gasteiger partial charge in [-0.25, -0.2) is 4.98 Å². The summed E-state index contributed by atoms with van der Waals surface area (Å²) in [5, 5.41) is 0. The molecule has 1 aromatic heterocycles. The van der Waals surface area contributed by atoms with Crippen molar-refractivity contribution < 1.29 is 4.74 Å². The van der Waals surface area contributed by atoms with Crippen molar-refractivity contribution in [3.8, 4) is 5.88 Å². The van der Waals surface area contributed by atoms with Gasteiger partial charge in [-0.1, -0.05) is 0 Å². The van der Waals surface area contributed by atoms with Gasteiger partial charge in [-0.15, -0.1) is 0 Å². The van der Waals surface area contributed by atoms with E-state index >= 15 is 0 Å². The number of aromatic nitrogens is 2. The molecule has 5 heteroatoms. The number of H-pyrrole nitrogens is 1. The molecule has 10 heavy (non-hydrogen) atoms. The van der Waals surface area contributed by atoms with Gasteiger partial charge in [-0.2, -0.15) is 0 Å². The summed E-state index contributed by atoms with van der Waals surface area (Å²) in [4.78, 5) is 6.58. The molecule has 0 saturated carbocycles. The van der Waals surface area contributed by atoms with Crippen LogP contribution in [0.25, 0.3) is 0 Å². The van der Waals surface area contributed by atoms with Gasteiger partial charge >= 0.3 is 0 Å². The number of aromatic amines is 1. The topological polar surface area (TPSA) is 37.9 Å². The highest BCUT2D eigenvalue weighted by atomic mass is 79.9. The van der Waals surface area contributed by atoms with E-state index in [-0.39, 0.29) is 0 Å². The number of nitrogens with zero attached hydrogens (tertiary/aromatic N) is 1. The van der Waals surface area contributed by atoms with Gasteiger partial charge in [0.25, 0.3) is 0 Å². The molecule has 0 amide bonds. The molecule has 0 spiro atoms. The van der Waals surface area contributed by atoms with Crippen molar-refractivity contribution in [3.63, 3.8) is 0 Å². The second-order valence-corrected chi connectivity index (χ2v) is 2.81. The van der Waals surface area contributed by atoms with Crippen LogP contribution in [0, 0.1) is 4.77 Å². The number of hydrogen-bond donors (Lipinski definition) is 1. The third kappa shape index (κ3) is 1.54. The Bertz CT molecular complexity index is 285. The first-order valence-corrected chi connectivity index (χ1v) is 3.73. The minimum atomic E-state index is 0.417. The molecule has 1 N–H and O–H groups in total. The van der Waals surface area contributed by atoms with Gasteiger partial charge in [0.2, 0.25) is 5.88 Å². The molecule has 0 saturated heterocycles. The average Bonchev–Trinajstić information content (AvgIpc) is 1.94. The lowest BCUT2D eigenvalue weighted by atomic mass is 10.6. The van der Waals surface area contributed by atoms with Crippen molar-refractivity contribution in [2.24, 2.45) is 0 Å². The molecule has 0 aromatic carbocycles. The first kappa shape index (κ1) is 7.68. The maximum absolute atomic E-state index is 4.92. The Labute approximate surface area is 71.6 Å². The van der Waals surface area contributed by atoms with Crippen LogP contribution in [0.2, 0.25) is 0 Å². The largest absolute Gasteiger partial charge is 0.481 e. The van der Waals surface area contributed by atoms with E-state index < -0.39 is 0 Å². The molecule has 1 rings (SSSR count). The monoisotopic (exact) mass is 220 g/mol. The first-order chi connectivity index (χ1) is 4.74. The number of halogens is 1. The molecule has 0 aliphatic carbocycles. The number of methoxy groups -OCH3 is 1. The van der Waals surface area contributed by atoms with Gasteiger partial charge in [-0.3, -0.25) is 0 Å². The molecule has 0 fully saturated rings. The minimum Gasteiger partial charge on any atom is -0.481 e. The Kier molecular flexibility index (Phi) is 2.39. The second-order valence-electron chi connectivity index (χ2n) is 1.57. The highest BCUT2D eigenvalue weighted by Gasteiger charge is 1.96. The van der Waals surface area contributed by atoms with E-state index in [9.17, 15) is 0 Å². The summed E-state index contributed by atoms with van der Waals surface area (Å²) >= 11 is 7.98. The number of nitrogens with one attached hydrogen (secondary N) is 1. The standard InChI is InChI=1S/C5H5BrN2OS/c1-9-4-3(6)2-7-5(10)8-4/h2H,1H3,(H,7,8,10). The highest BCUT2D eigenvalue weighted by Crippen LogP contribution is 2.18. The molecule has 3 nitrogen and oxygen atoms in total. The normalized spacial score (nSPS) is 9.40. The average molecular weight is 221 g/mol. The lowest BCUT2D eigenvalue weighted by Gasteiger charge is -1.99. The molecule has 0 aliphatic heterocycles. The van der Waals surface area contributed by atoms with Crippen LogP contribution < -0.4 is 4.74 Å². The zero-order valence-corrected chi connectivity index (χ0v) is 7.62. The molecule has 1 aromatic rings. The summed E-state index contributed by atoms with van der Waals surface area (Å²) in [6.45, 7) is 0. The molecule has 54 valence electrons. The first-order valence-electron chi connectivity index (χ1n) is 2.53. The van der Waals surface area contributed by atoms with Crippen LogP contribution in [0.5, 0.6) is 5.88 Å². The van der Waals surface area contributed by atoms with Crippen LogP contribution in [0.1, 0.15) is 0 Å². The van der Waals surface area contributed by atoms with Crippen molar-refractivity contribution in [1.29, 1.82) is 0 Å². The molecule has 0 unspecified atom stereocenters. The van der Waals surface area contributed by atoms with Gasteiger partial charge in [-0.05, 0) is 28.1 Å². The molecular weight excluding hydrogens is 216 g/mol. The molecule has 1 heterocycles. The quantitative estimate of drug-likeness (QED) is 0.736. The number of hydrogen-bond acceptors (Lipinski definition) is 3. The van der Waals surface area contributed by atoms with Crippen LogP contribution in [-0.2, 0) is 0 Å². The van der Waals surface area contributed by atoms with Gasteiger partial charge in [0.15, 0.2) is 4.77 Å². The van der Waals surface area contributed by atoms with Crippen molar-refractivity contribution in [1.82, 2.24) is 9.97 Å². The fourth-order valence-electron chi connectivity index (χ4n) is 0.512. The van der Waals surface area contributed by atoms with Crippen molar-refractivity contribution in [2.75, 3.05) is 7.11 Å². The van der Waals surface area contributed by atoms with E-state index in [1.54, 1.807) is 13.3 Å². The Hall–Kier alpha value is -0.420. The van der Waals surface area contributed by atoms with Crippen LogP contribution in [-0.4, -0.2) is 17.1 Å². The lowest BCUT2D eigenvalue weighted by molar-refractivity contribution is 0.393. The summed E-state index contributed by atoms with van der Waals surface area (Å²) in [5.41, 5.74) is 0. The number of rotatable bonds is 1. The van der Waals surface area contributed by atoms with E-state index in [2.05, 4.69) is 25.9 Å². The van der Waals surface area contributed by atoms with Crippen LogP contribution in [0.15, 0.2) is 10.7 Å². The zero-order chi connectivity index (χ0) is 7.56. The van der Waals surface area contributed by atoms with Gasteiger partial charge in [0, 0.05) is 6.20 Å². The molecule has 0 bridgehead atoms.